The lowest BCUT2D eigenvalue weighted by Crippen LogP contribution is -2.20. The highest BCUT2D eigenvalue weighted by Gasteiger charge is 2.22. The third-order valence-corrected chi connectivity index (χ3v) is 2.31. The summed E-state index contributed by atoms with van der Waals surface area (Å²) in [6.45, 7) is 0. The Balaban J connectivity index is 2.94. The van der Waals surface area contributed by atoms with E-state index in [-0.39, 0.29) is 15.8 Å². The molecule has 7 heteroatoms. The minimum Gasteiger partial charge on any atom is -0.453 e. The molecule has 0 saturated heterocycles. The van der Waals surface area contributed by atoms with Gasteiger partial charge in [0.25, 0.3) is 6.36 Å². The van der Waals surface area contributed by atoms with Crippen molar-refractivity contribution in [2.45, 2.75) is 12.8 Å². The fourth-order valence-electron chi connectivity index (χ4n) is 0.920. The molecule has 0 heterocycles. The van der Waals surface area contributed by atoms with Gasteiger partial charge in [0.1, 0.15) is 5.75 Å². The molecule has 0 spiro atoms. The summed E-state index contributed by atoms with van der Waals surface area (Å²) in [6.07, 6.45) is -6.01. The molecule has 0 aliphatic heterocycles. The van der Waals surface area contributed by atoms with E-state index in [4.69, 9.17) is 5.73 Å². The van der Waals surface area contributed by atoms with Crippen LogP contribution in [0.5, 0.6) is 5.75 Å². The summed E-state index contributed by atoms with van der Waals surface area (Å²) < 4.78 is 41.0. The Bertz CT molecular complexity index is 400. The Hall–Kier alpha value is -1.24. The molecule has 1 rings (SSSR count). The fraction of sp³-hybridized carbons (Fsp3) is 0.222. The van der Waals surface area contributed by atoms with E-state index < -0.39 is 18.7 Å². The second-order valence-electron chi connectivity index (χ2n) is 2.81. The molecule has 1 aromatic rings. The van der Waals surface area contributed by atoms with Gasteiger partial charge < -0.3 is 10.5 Å². The van der Waals surface area contributed by atoms with Crippen LogP contribution in [0.3, 0.4) is 0 Å². The van der Waals surface area contributed by atoms with Gasteiger partial charge in [-0.1, -0.05) is 0 Å². The van der Waals surface area contributed by atoms with E-state index in [0.717, 1.165) is 6.07 Å². The van der Waals surface area contributed by atoms with Gasteiger partial charge in [0, 0.05) is 5.56 Å². The van der Waals surface area contributed by atoms with E-state index in [1.807, 2.05) is 0 Å². The second-order valence-corrected chi connectivity index (χ2v) is 3.67. The maximum Gasteiger partial charge on any atom is 0.304 e. The van der Waals surface area contributed by atoms with Gasteiger partial charge in [-0.25, -0.2) is 8.78 Å². The molecule has 0 aliphatic rings. The van der Waals surface area contributed by atoms with Crippen LogP contribution in [0.15, 0.2) is 22.7 Å². The molecule has 2 N–H and O–H groups in total. The topological polar surface area (TPSA) is 52.3 Å². The Labute approximate surface area is 97.5 Å². The monoisotopic (exact) mass is 297 g/mol. The Morgan fingerprint density at radius 2 is 2.00 bits per heavy atom. The Morgan fingerprint density at radius 3 is 2.50 bits per heavy atom. The van der Waals surface area contributed by atoms with Crippen LogP contribution in [-0.2, 0) is 0 Å². The highest BCUT2D eigenvalue weighted by Crippen LogP contribution is 2.28. The number of benzene rings is 1. The van der Waals surface area contributed by atoms with Crippen molar-refractivity contribution < 1.29 is 22.7 Å². The highest BCUT2D eigenvalue weighted by atomic mass is 79.9. The smallest absolute Gasteiger partial charge is 0.304 e. The first-order valence-electron chi connectivity index (χ1n) is 4.10. The predicted molar refractivity (Wildman–Crippen MR) is 54.2 cm³/mol. The lowest BCUT2D eigenvalue weighted by atomic mass is 10.2. The van der Waals surface area contributed by atoms with Crippen molar-refractivity contribution in [1.82, 2.24) is 0 Å². The first-order valence-corrected chi connectivity index (χ1v) is 4.89. The van der Waals surface area contributed by atoms with E-state index in [9.17, 15) is 18.0 Å². The zero-order chi connectivity index (χ0) is 12.3. The summed E-state index contributed by atoms with van der Waals surface area (Å²) in [5.41, 5.74) is 5.01. The minimum absolute atomic E-state index is 0.0414. The second kappa shape index (κ2) is 5.20. The predicted octanol–water partition coefficient (Wildman–Crippen LogP) is 2.49. The molecule has 88 valence electrons. The van der Waals surface area contributed by atoms with Crippen LogP contribution in [0.1, 0.15) is 10.4 Å². The van der Waals surface area contributed by atoms with Gasteiger partial charge in [-0.05, 0) is 34.1 Å². The number of rotatable bonds is 4. The maximum atomic E-state index is 12.6. The molecular formula is C9H7BrF3NO2. The number of ether oxygens (including phenoxy) is 1. The van der Waals surface area contributed by atoms with Gasteiger partial charge in [0.05, 0.1) is 4.47 Å². The largest absolute Gasteiger partial charge is 0.453 e. The molecule has 0 aliphatic carbocycles. The number of hydrogen-bond acceptors (Lipinski definition) is 2. The lowest BCUT2D eigenvalue weighted by molar-refractivity contribution is -0.0672. The number of hydrogen-bond donors (Lipinski definition) is 1. The fourth-order valence-corrected chi connectivity index (χ4v) is 1.26. The third kappa shape index (κ3) is 3.13. The van der Waals surface area contributed by atoms with E-state index in [1.54, 1.807) is 0 Å². The summed E-state index contributed by atoms with van der Waals surface area (Å²) in [7, 11) is 0. The summed E-state index contributed by atoms with van der Waals surface area (Å²) in [6, 6.07) is 3.80. The number of carbonyl (C=O) groups excluding carboxylic acids is 1. The van der Waals surface area contributed by atoms with E-state index in [1.165, 1.54) is 12.1 Å². The Morgan fingerprint density at radius 1 is 1.38 bits per heavy atom. The van der Waals surface area contributed by atoms with Crippen molar-refractivity contribution in [3.05, 3.63) is 28.2 Å². The van der Waals surface area contributed by atoms with Gasteiger partial charge in [-0.2, -0.15) is 4.39 Å². The molecular weight excluding hydrogens is 291 g/mol. The van der Waals surface area contributed by atoms with Crippen molar-refractivity contribution in [2.75, 3.05) is 0 Å². The van der Waals surface area contributed by atoms with Gasteiger partial charge in [0.2, 0.25) is 5.91 Å². The van der Waals surface area contributed by atoms with Crippen LogP contribution in [0, 0.1) is 0 Å². The van der Waals surface area contributed by atoms with Crippen LogP contribution in [-0.4, -0.2) is 18.7 Å². The number of primary amides is 1. The third-order valence-electron chi connectivity index (χ3n) is 1.65. The van der Waals surface area contributed by atoms with Crippen LogP contribution in [0.4, 0.5) is 13.2 Å². The number of nitrogens with two attached hydrogens (primary N) is 1. The standard InChI is InChI=1S/C9H7BrF3NO2/c10-5-2-1-4(9(14)15)3-6(5)16-8(13)7(11)12/h1-3,7-8H,(H2,14,15). The van der Waals surface area contributed by atoms with Gasteiger partial charge in [-0.3, -0.25) is 4.79 Å². The molecule has 0 radical (unpaired) electrons. The summed E-state index contributed by atoms with van der Waals surface area (Å²) in [5.74, 6) is -0.964. The van der Waals surface area contributed by atoms with Crippen LogP contribution in [0.25, 0.3) is 0 Å². The quantitative estimate of drug-likeness (QED) is 0.928. The molecule has 1 aromatic carbocycles. The van der Waals surface area contributed by atoms with Crippen molar-refractivity contribution in [1.29, 1.82) is 0 Å². The van der Waals surface area contributed by atoms with E-state index in [0.29, 0.717) is 0 Å². The van der Waals surface area contributed by atoms with Crippen molar-refractivity contribution >= 4 is 21.8 Å². The van der Waals surface area contributed by atoms with Crippen molar-refractivity contribution in [3.63, 3.8) is 0 Å². The maximum absolute atomic E-state index is 12.6. The zero-order valence-corrected chi connectivity index (χ0v) is 9.38. The number of amides is 1. The molecule has 0 fully saturated rings. The molecule has 0 saturated carbocycles. The van der Waals surface area contributed by atoms with Gasteiger partial charge in [0.15, 0.2) is 0 Å². The Kier molecular flexibility index (Phi) is 4.17. The molecule has 16 heavy (non-hydrogen) atoms. The number of halogens is 4. The van der Waals surface area contributed by atoms with Gasteiger partial charge in [-0.15, -0.1) is 0 Å². The highest BCUT2D eigenvalue weighted by molar-refractivity contribution is 9.10. The van der Waals surface area contributed by atoms with E-state index >= 15 is 0 Å². The zero-order valence-electron chi connectivity index (χ0n) is 7.79. The van der Waals surface area contributed by atoms with Crippen LogP contribution >= 0.6 is 15.9 Å². The van der Waals surface area contributed by atoms with Gasteiger partial charge >= 0.3 is 6.43 Å². The van der Waals surface area contributed by atoms with Crippen LogP contribution in [0.2, 0.25) is 0 Å². The lowest BCUT2D eigenvalue weighted by Gasteiger charge is -2.12. The number of alkyl halides is 3. The molecule has 0 bridgehead atoms. The average Bonchev–Trinajstić information content (AvgIpc) is 2.20. The molecule has 1 atom stereocenters. The number of carbonyl (C=O) groups is 1. The SMILES string of the molecule is NC(=O)c1ccc(Br)c(OC(F)C(F)F)c1. The molecule has 3 nitrogen and oxygen atoms in total. The molecule has 1 unspecified atom stereocenters. The first kappa shape index (κ1) is 12.8. The van der Waals surface area contributed by atoms with Crippen molar-refractivity contribution in [2.24, 2.45) is 5.73 Å². The summed E-state index contributed by atoms with van der Waals surface area (Å²) in [5, 5.41) is 0. The average molecular weight is 298 g/mol. The van der Waals surface area contributed by atoms with E-state index in [2.05, 4.69) is 20.7 Å². The molecule has 1 amide bonds. The van der Waals surface area contributed by atoms with Crippen molar-refractivity contribution in [3.8, 4) is 5.75 Å². The minimum atomic E-state index is -3.26. The van der Waals surface area contributed by atoms with Crippen LogP contribution < -0.4 is 10.5 Å². The summed E-state index contributed by atoms with van der Waals surface area (Å²) in [4.78, 5) is 10.8. The normalized spacial score (nSPS) is 12.6. The molecule has 0 aromatic heterocycles. The summed E-state index contributed by atoms with van der Waals surface area (Å²) >= 11 is 2.97. The first-order chi connectivity index (χ1) is 7.41.